The summed E-state index contributed by atoms with van der Waals surface area (Å²) in [5.74, 6) is 0. The minimum atomic E-state index is -0.826. The molecule has 0 aliphatic heterocycles. The third-order valence-corrected chi connectivity index (χ3v) is 13.1. The summed E-state index contributed by atoms with van der Waals surface area (Å²) >= 11 is 0. The Morgan fingerprint density at radius 1 is 0.320 bits per heavy atom. The zero-order valence-corrected chi connectivity index (χ0v) is 31.4. The SMILES string of the molecule is CS(C)(C)c1ccc(N(c2ccccc2)c2ccc3ccc4c(N(c5ccccc5)c5ccc(S(C)(C)C)cc5)ccc5ccc2c3c54)cc1. The smallest absolute Gasteiger partial charge is 0.0540 e. The average molecular weight is 689 g/mol. The lowest BCUT2D eigenvalue weighted by atomic mass is 9.91. The first-order valence-electron chi connectivity index (χ1n) is 17.1. The Morgan fingerprint density at radius 3 is 0.980 bits per heavy atom. The lowest BCUT2D eigenvalue weighted by Gasteiger charge is -2.31. The van der Waals surface area contributed by atoms with Crippen molar-refractivity contribution in [2.75, 3.05) is 47.3 Å². The van der Waals surface area contributed by atoms with Crippen LogP contribution in [-0.2, 0) is 0 Å². The van der Waals surface area contributed by atoms with Gasteiger partial charge in [0, 0.05) is 33.5 Å². The Morgan fingerprint density at radius 2 is 0.640 bits per heavy atom. The van der Waals surface area contributed by atoms with Crippen LogP contribution in [0, 0.1) is 0 Å². The van der Waals surface area contributed by atoms with Gasteiger partial charge in [-0.25, -0.2) is 20.1 Å². The molecule has 8 aromatic carbocycles. The Kier molecular flexibility index (Phi) is 8.05. The summed E-state index contributed by atoms with van der Waals surface area (Å²) in [6.45, 7) is 0. The number of anilines is 6. The van der Waals surface area contributed by atoms with E-state index < -0.39 is 20.1 Å². The van der Waals surface area contributed by atoms with Gasteiger partial charge in [-0.2, -0.15) is 0 Å². The third-order valence-electron chi connectivity index (χ3n) is 9.73. The van der Waals surface area contributed by atoms with Crippen molar-refractivity contribution in [1.82, 2.24) is 0 Å². The van der Waals surface area contributed by atoms with Gasteiger partial charge in [-0.15, -0.1) is 0 Å². The number of benzene rings is 8. The summed E-state index contributed by atoms with van der Waals surface area (Å²) in [5.41, 5.74) is 6.98. The van der Waals surface area contributed by atoms with E-state index in [9.17, 15) is 0 Å². The molecule has 0 aliphatic rings. The second-order valence-electron chi connectivity index (χ2n) is 14.6. The van der Waals surface area contributed by atoms with E-state index in [1.165, 1.54) is 53.5 Å². The highest BCUT2D eigenvalue weighted by molar-refractivity contribution is 8.32. The van der Waals surface area contributed by atoms with Gasteiger partial charge in [0.2, 0.25) is 0 Å². The van der Waals surface area contributed by atoms with Gasteiger partial charge >= 0.3 is 0 Å². The summed E-state index contributed by atoms with van der Waals surface area (Å²) in [7, 11) is -1.65. The molecule has 0 unspecified atom stereocenters. The predicted octanol–water partition coefficient (Wildman–Crippen LogP) is 13.6. The molecule has 250 valence electrons. The number of rotatable bonds is 8. The van der Waals surface area contributed by atoms with Crippen LogP contribution in [0.3, 0.4) is 0 Å². The van der Waals surface area contributed by atoms with Gasteiger partial charge in [-0.3, -0.25) is 0 Å². The van der Waals surface area contributed by atoms with Crippen molar-refractivity contribution >= 4 is 86.5 Å². The zero-order valence-electron chi connectivity index (χ0n) is 29.7. The average Bonchev–Trinajstić information content (AvgIpc) is 3.12. The predicted molar refractivity (Wildman–Crippen MR) is 227 cm³/mol. The highest BCUT2D eigenvalue weighted by Gasteiger charge is 2.22. The molecule has 0 amide bonds. The fraction of sp³-hybridized carbons (Fsp3) is 0.130. The fourth-order valence-electron chi connectivity index (χ4n) is 7.18. The molecule has 2 nitrogen and oxygen atoms in total. The molecule has 0 bridgehead atoms. The van der Waals surface area contributed by atoms with Crippen LogP contribution < -0.4 is 9.80 Å². The summed E-state index contributed by atoms with van der Waals surface area (Å²) < 4.78 is 0. The number of hydrogen-bond acceptors (Lipinski definition) is 2. The van der Waals surface area contributed by atoms with E-state index in [4.69, 9.17) is 0 Å². The molecule has 0 aromatic heterocycles. The maximum Gasteiger partial charge on any atom is 0.0540 e. The van der Waals surface area contributed by atoms with Crippen LogP contribution in [0.2, 0.25) is 0 Å². The fourth-order valence-corrected chi connectivity index (χ4v) is 9.08. The minimum Gasteiger partial charge on any atom is -0.310 e. The van der Waals surface area contributed by atoms with Crippen LogP contribution in [-0.4, -0.2) is 37.5 Å². The first-order chi connectivity index (χ1) is 24.1. The van der Waals surface area contributed by atoms with Gasteiger partial charge in [0.1, 0.15) is 0 Å². The highest BCUT2D eigenvalue weighted by atomic mass is 32.3. The minimum absolute atomic E-state index is 0.826. The number of hydrogen-bond donors (Lipinski definition) is 0. The Hall–Kier alpha value is -4.90. The number of para-hydroxylation sites is 2. The quantitative estimate of drug-likeness (QED) is 0.147. The molecule has 8 aromatic rings. The molecular weight excluding hydrogens is 645 g/mol. The van der Waals surface area contributed by atoms with E-state index in [0.717, 1.165) is 22.7 Å². The molecule has 50 heavy (non-hydrogen) atoms. The second-order valence-corrected chi connectivity index (χ2v) is 22.9. The standard InChI is InChI=1S/C46H44N2S2/c1-49(2,3)39-25-21-37(22-26-39)47(35-13-9-7-10-14-35)43-31-19-33-18-30-42-44(32-20-34-17-29-41(43)45(33)46(34)42)48(36-15-11-8-12-16-36)38-23-27-40(28-24-38)50(4,5)6/h7-32H,1-6H3. The second kappa shape index (κ2) is 12.5. The Bertz CT molecular complexity index is 2250. The van der Waals surface area contributed by atoms with Gasteiger partial charge in [-0.1, -0.05) is 72.8 Å². The molecule has 4 heteroatoms. The van der Waals surface area contributed by atoms with Crippen LogP contribution in [0.5, 0.6) is 0 Å². The molecule has 8 rings (SSSR count). The summed E-state index contributed by atoms with van der Waals surface area (Å²) in [5, 5.41) is 7.60. The zero-order chi connectivity index (χ0) is 34.6. The lowest BCUT2D eigenvalue weighted by molar-refractivity contribution is 1.28. The maximum atomic E-state index is 2.42. The maximum absolute atomic E-state index is 2.42. The third kappa shape index (κ3) is 5.77. The topological polar surface area (TPSA) is 6.48 Å². The van der Waals surface area contributed by atoms with Gasteiger partial charge in [-0.05, 0) is 154 Å². The molecule has 0 saturated carbocycles. The monoisotopic (exact) mass is 688 g/mol. The van der Waals surface area contributed by atoms with Crippen molar-refractivity contribution < 1.29 is 0 Å². The summed E-state index contributed by atoms with van der Waals surface area (Å²) in [6, 6.07) is 58.4. The van der Waals surface area contributed by atoms with Crippen LogP contribution in [0.1, 0.15) is 0 Å². The van der Waals surface area contributed by atoms with Gasteiger partial charge in [0.25, 0.3) is 0 Å². The molecular formula is C46H44N2S2. The van der Waals surface area contributed by atoms with Crippen molar-refractivity contribution in [2.45, 2.75) is 9.79 Å². The van der Waals surface area contributed by atoms with E-state index in [1.807, 2.05) is 0 Å². The largest absolute Gasteiger partial charge is 0.310 e. The van der Waals surface area contributed by atoms with E-state index >= 15 is 0 Å². The van der Waals surface area contributed by atoms with E-state index in [0.29, 0.717) is 0 Å². The lowest BCUT2D eigenvalue weighted by Crippen LogP contribution is -2.11. The highest BCUT2D eigenvalue weighted by Crippen LogP contribution is 2.50. The normalized spacial score (nSPS) is 12.8. The van der Waals surface area contributed by atoms with Gasteiger partial charge in [0.15, 0.2) is 0 Å². The molecule has 0 saturated heterocycles. The summed E-state index contributed by atoms with van der Waals surface area (Å²) in [4.78, 5) is 7.66. The molecule has 0 radical (unpaired) electrons. The van der Waals surface area contributed by atoms with E-state index in [1.54, 1.807) is 0 Å². The molecule has 0 atom stereocenters. The van der Waals surface area contributed by atoms with Crippen molar-refractivity contribution in [3.8, 4) is 0 Å². The van der Waals surface area contributed by atoms with Crippen molar-refractivity contribution in [1.29, 1.82) is 0 Å². The summed E-state index contributed by atoms with van der Waals surface area (Å²) in [6.07, 6.45) is 14.1. The Balaban J connectivity index is 1.36. The van der Waals surface area contributed by atoms with Gasteiger partial charge in [0.05, 0.1) is 11.4 Å². The molecule has 0 aliphatic carbocycles. The molecule has 0 heterocycles. The van der Waals surface area contributed by atoms with Gasteiger partial charge < -0.3 is 9.80 Å². The molecule has 0 fully saturated rings. The number of nitrogens with zero attached hydrogens (tertiary/aromatic N) is 2. The van der Waals surface area contributed by atoms with E-state index in [-0.39, 0.29) is 0 Å². The van der Waals surface area contributed by atoms with Crippen molar-refractivity contribution in [3.63, 3.8) is 0 Å². The van der Waals surface area contributed by atoms with Crippen molar-refractivity contribution in [2.24, 2.45) is 0 Å². The Labute approximate surface area is 300 Å². The van der Waals surface area contributed by atoms with Crippen LogP contribution in [0.15, 0.2) is 168 Å². The first-order valence-corrected chi connectivity index (χ1v) is 22.8. The van der Waals surface area contributed by atoms with Crippen molar-refractivity contribution in [3.05, 3.63) is 158 Å². The molecule has 0 N–H and O–H groups in total. The first kappa shape index (κ1) is 32.3. The van der Waals surface area contributed by atoms with Crippen LogP contribution >= 0.6 is 20.1 Å². The van der Waals surface area contributed by atoms with E-state index in [2.05, 4.69) is 205 Å². The van der Waals surface area contributed by atoms with Crippen LogP contribution in [0.4, 0.5) is 34.1 Å². The van der Waals surface area contributed by atoms with Crippen LogP contribution in [0.25, 0.3) is 32.3 Å². The molecule has 0 spiro atoms.